The molecule has 2 bridgehead atoms. The van der Waals surface area contributed by atoms with Gasteiger partial charge in [0.1, 0.15) is 17.2 Å². The Morgan fingerprint density at radius 3 is 2.06 bits per heavy atom. The molecule has 0 unspecified atom stereocenters. The molecular weight excluding hydrogens is 721 g/mol. The Hall–Kier alpha value is -3.96. The second kappa shape index (κ2) is 12.0. The smallest absolute Gasteiger partial charge is 0.444 e. The number of aromatic amines is 1. The molecule has 8 nitrogen and oxygen atoms in total. The van der Waals surface area contributed by atoms with Crippen LogP contribution in [0.25, 0.3) is 22.4 Å². The number of fused-ring (bicyclic) bond motifs is 5. The molecule has 6 rings (SSSR count). The topological polar surface area (TPSA) is 102 Å². The summed E-state index contributed by atoms with van der Waals surface area (Å²) < 4.78 is 156. The van der Waals surface area contributed by atoms with Crippen LogP contribution in [-0.2, 0) is 14.9 Å². The van der Waals surface area contributed by atoms with Crippen LogP contribution in [0.5, 0.6) is 5.75 Å². The molecule has 1 aromatic heterocycles. The van der Waals surface area contributed by atoms with E-state index in [0.29, 0.717) is 66.0 Å². The second-order valence-corrected chi connectivity index (χ2v) is 15.5. The Labute approximate surface area is 286 Å². The third-order valence-corrected chi connectivity index (χ3v) is 10.7. The van der Waals surface area contributed by atoms with Crippen LogP contribution in [0.3, 0.4) is 0 Å². The van der Waals surface area contributed by atoms with Crippen molar-refractivity contribution in [1.82, 2.24) is 14.9 Å². The second-order valence-electron chi connectivity index (χ2n) is 13.9. The number of H-pyrrole nitrogens is 1. The van der Waals surface area contributed by atoms with Gasteiger partial charge in [0.15, 0.2) is 0 Å². The summed E-state index contributed by atoms with van der Waals surface area (Å²) >= 11 is 0. The number of hydrogen-bond acceptors (Lipinski definition) is 6. The Morgan fingerprint density at radius 2 is 1.45 bits per heavy atom. The Morgan fingerprint density at radius 1 is 0.843 bits per heavy atom. The summed E-state index contributed by atoms with van der Waals surface area (Å²) in [6.45, 7) is 5.84. The van der Waals surface area contributed by atoms with Gasteiger partial charge in [0, 0.05) is 12.1 Å². The molecule has 1 saturated heterocycles. The number of aromatic nitrogens is 2. The lowest BCUT2D eigenvalue weighted by Crippen LogP contribution is -2.63. The van der Waals surface area contributed by atoms with Crippen LogP contribution in [0.4, 0.5) is 44.3 Å². The van der Waals surface area contributed by atoms with Crippen molar-refractivity contribution in [1.29, 1.82) is 0 Å². The molecule has 2 aliphatic carbocycles. The van der Waals surface area contributed by atoms with Crippen LogP contribution in [0.15, 0.2) is 42.6 Å². The van der Waals surface area contributed by atoms with Crippen LogP contribution < -0.4 is 4.18 Å². The van der Waals surface area contributed by atoms with E-state index < -0.39 is 56.8 Å². The van der Waals surface area contributed by atoms with Crippen molar-refractivity contribution in [3.8, 4) is 28.1 Å². The van der Waals surface area contributed by atoms with E-state index >= 15 is 0 Å². The molecule has 2 fully saturated rings. The normalized spacial score (nSPS) is 21.3. The highest BCUT2D eigenvalue weighted by molar-refractivity contribution is 7.88. The SMILES string of the molecule is CC(C)(C)OC(=O)N1CCC[C@H]1c1ncc(-c2ccc(-c3ccc(OS(=O)(=O)C(F)(F)C(F)(F)C(F)(F)C(F)(F)F)c4c3[C@@H]3CC[C@H]4C3)cc2)[nH]1. The van der Waals surface area contributed by atoms with E-state index in [1.54, 1.807) is 56.1 Å². The molecule has 2 aromatic carbocycles. The molecule has 51 heavy (non-hydrogen) atoms. The molecule has 3 atom stereocenters. The first-order valence-corrected chi connectivity index (χ1v) is 17.3. The Bertz CT molecular complexity index is 1940. The number of carbonyl (C=O) groups is 1. The fraction of sp³-hybridized carbons (Fsp3) is 0.515. The molecule has 18 heteroatoms. The molecule has 1 aliphatic heterocycles. The zero-order valence-corrected chi connectivity index (χ0v) is 28.1. The highest BCUT2D eigenvalue weighted by Gasteiger charge is 2.86. The van der Waals surface area contributed by atoms with Gasteiger partial charge in [-0.15, -0.1) is 0 Å². The highest BCUT2D eigenvalue weighted by atomic mass is 32.2. The van der Waals surface area contributed by atoms with E-state index in [2.05, 4.69) is 14.2 Å². The first kappa shape index (κ1) is 36.8. The van der Waals surface area contributed by atoms with Crippen LogP contribution >= 0.6 is 0 Å². The van der Waals surface area contributed by atoms with E-state index in [0.717, 1.165) is 12.5 Å². The largest absolute Gasteiger partial charge is 0.460 e. The summed E-state index contributed by atoms with van der Waals surface area (Å²) in [7, 11) is -7.09. The van der Waals surface area contributed by atoms with Gasteiger partial charge in [-0.25, -0.2) is 9.78 Å². The van der Waals surface area contributed by atoms with Crippen molar-refractivity contribution in [2.75, 3.05) is 6.54 Å². The third-order valence-electron chi connectivity index (χ3n) is 9.42. The molecular formula is C33H32F9N3O5S. The van der Waals surface area contributed by atoms with Gasteiger partial charge >= 0.3 is 39.5 Å². The van der Waals surface area contributed by atoms with E-state index in [-0.39, 0.29) is 17.5 Å². The maximum absolute atomic E-state index is 14.5. The molecule has 3 aliphatic rings. The number of halogens is 9. The summed E-state index contributed by atoms with van der Waals surface area (Å²) in [5, 5.41) is -6.96. The van der Waals surface area contributed by atoms with Crippen molar-refractivity contribution in [3.63, 3.8) is 0 Å². The zero-order valence-electron chi connectivity index (χ0n) is 27.3. The van der Waals surface area contributed by atoms with E-state index in [1.165, 1.54) is 6.07 Å². The molecule has 0 spiro atoms. The van der Waals surface area contributed by atoms with Crippen molar-refractivity contribution < 1.29 is 61.6 Å². The van der Waals surface area contributed by atoms with Gasteiger partial charge in [0.25, 0.3) is 0 Å². The Kier molecular flexibility index (Phi) is 8.70. The van der Waals surface area contributed by atoms with Crippen LogP contribution in [0.1, 0.15) is 87.7 Å². The van der Waals surface area contributed by atoms with Crippen molar-refractivity contribution in [2.24, 2.45) is 0 Å². The lowest BCUT2D eigenvalue weighted by atomic mass is 9.85. The zero-order chi connectivity index (χ0) is 37.5. The summed E-state index contributed by atoms with van der Waals surface area (Å²) in [6.07, 6.45) is -3.09. The van der Waals surface area contributed by atoms with E-state index in [1.807, 2.05) is 0 Å². The lowest BCUT2D eigenvalue weighted by Gasteiger charge is -2.32. The number of carbonyl (C=O) groups excluding carboxylic acids is 1. The summed E-state index contributed by atoms with van der Waals surface area (Å²) in [6, 6.07) is 8.84. The average Bonchev–Trinajstić information content (AvgIpc) is 3.84. The fourth-order valence-electron chi connectivity index (χ4n) is 7.07. The van der Waals surface area contributed by atoms with Crippen molar-refractivity contribution >= 4 is 16.2 Å². The minimum atomic E-state index is -7.40. The number of nitrogens with one attached hydrogen (secondary N) is 1. The monoisotopic (exact) mass is 753 g/mol. The van der Waals surface area contributed by atoms with Gasteiger partial charge in [-0.05, 0) is 93.0 Å². The van der Waals surface area contributed by atoms with Gasteiger partial charge in [-0.2, -0.15) is 47.9 Å². The lowest BCUT2D eigenvalue weighted by molar-refractivity contribution is -0.382. The third kappa shape index (κ3) is 6.09. The van der Waals surface area contributed by atoms with Gasteiger partial charge in [-0.1, -0.05) is 30.3 Å². The number of hydrogen-bond donors (Lipinski definition) is 1. The first-order chi connectivity index (χ1) is 23.5. The van der Waals surface area contributed by atoms with Crippen LogP contribution in [0.2, 0.25) is 0 Å². The van der Waals surface area contributed by atoms with Gasteiger partial charge in [-0.3, -0.25) is 4.90 Å². The molecule has 3 aromatic rings. The van der Waals surface area contributed by atoms with Gasteiger partial charge in [0.2, 0.25) is 0 Å². The minimum absolute atomic E-state index is 0.0856. The van der Waals surface area contributed by atoms with Gasteiger partial charge < -0.3 is 13.9 Å². The number of alkyl halides is 9. The number of amides is 1. The van der Waals surface area contributed by atoms with E-state index in [4.69, 9.17) is 4.74 Å². The fourth-order valence-corrected chi connectivity index (χ4v) is 8.00. The molecule has 2 heterocycles. The molecule has 1 saturated carbocycles. The minimum Gasteiger partial charge on any atom is -0.444 e. The van der Waals surface area contributed by atoms with Crippen molar-refractivity contribution in [2.45, 2.75) is 99.6 Å². The summed E-state index contributed by atoms with van der Waals surface area (Å²) in [4.78, 5) is 22.1. The maximum atomic E-state index is 14.5. The van der Waals surface area contributed by atoms with Crippen LogP contribution in [-0.4, -0.2) is 64.8 Å². The van der Waals surface area contributed by atoms with Gasteiger partial charge in [0.05, 0.1) is 17.9 Å². The predicted octanol–water partition coefficient (Wildman–Crippen LogP) is 9.31. The molecule has 278 valence electrons. The quantitative estimate of drug-likeness (QED) is 0.182. The predicted molar refractivity (Wildman–Crippen MR) is 164 cm³/mol. The van der Waals surface area contributed by atoms with Crippen molar-refractivity contribution in [3.05, 3.63) is 59.5 Å². The number of ether oxygens (including phenoxy) is 1. The highest BCUT2D eigenvalue weighted by Crippen LogP contribution is 2.60. The summed E-state index contributed by atoms with van der Waals surface area (Å²) in [5.74, 6) is -15.7. The molecule has 0 radical (unpaired) electrons. The number of likely N-dealkylation sites (tertiary alicyclic amines) is 1. The number of imidazole rings is 1. The van der Waals surface area contributed by atoms with E-state index in [9.17, 15) is 52.7 Å². The molecule has 1 N–H and O–H groups in total. The number of benzene rings is 2. The number of nitrogens with zero attached hydrogens (tertiary/aromatic N) is 2. The standard InChI is InChI=1S/C33H32F9N3O5S/c1-29(2,3)49-28(46)45-14-4-5-23(45)27-43-16-22(44-27)18-8-6-17(7-9-18)21-12-13-24(26-20-11-10-19(15-20)25(21)26)50-51(47,48)33(41,42)31(36,37)30(34,35)32(38,39)40/h6-9,12-13,16,19-20,23H,4-5,10-11,14-15H2,1-3H3,(H,43,44)/t19-,20+,23+/m1/s1. The number of rotatable bonds is 8. The summed E-state index contributed by atoms with van der Waals surface area (Å²) in [5.41, 5.74) is 2.39. The molecule has 1 amide bonds. The Balaban J connectivity index is 1.26. The first-order valence-electron chi connectivity index (χ1n) is 15.9. The maximum Gasteiger partial charge on any atom is 0.460 e. The average molecular weight is 754 g/mol. The van der Waals surface area contributed by atoms with Crippen LogP contribution in [0, 0.1) is 0 Å².